The summed E-state index contributed by atoms with van der Waals surface area (Å²) in [6, 6.07) is 1.89. The predicted octanol–water partition coefficient (Wildman–Crippen LogP) is 5.82. The fourth-order valence-corrected chi connectivity index (χ4v) is 3.07. The van der Waals surface area contributed by atoms with Gasteiger partial charge in [0.1, 0.15) is 11.5 Å². The molecule has 4 nitrogen and oxygen atoms in total. The topological polar surface area (TPSA) is 56.7 Å². The molecule has 14 heteroatoms. The van der Waals surface area contributed by atoms with Crippen LogP contribution in [0.2, 0.25) is 0 Å². The predicted molar refractivity (Wildman–Crippen MR) is 86.0 cm³/mol. The molecule has 0 saturated heterocycles. The lowest BCUT2D eigenvalue weighted by atomic mass is 10.1. The highest BCUT2D eigenvalue weighted by Crippen LogP contribution is 2.41. The molecule has 3 rings (SSSR count). The van der Waals surface area contributed by atoms with E-state index in [0.717, 1.165) is 6.07 Å². The quantitative estimate of drug-likeness (QED) is 0.435. The van der Waals surface area contributed by atoms with Gasteiger partial charge in [0.25, 0.3) is 0 Å². The van der Waals surface area contributed by atoms with E-state index in [1.54, 1.807) is 0 Å². The maximum Gasteiger partial charge on any atom is 0.433 e. The van der Waals surface area contributed by atoms with Crippen molar-refractivity contribution in [3.8, 4) is 5.69 Å². The van der Waals surface area contributed by atoms with Crippen LogP contribution in [0.1, 0.15) is 16.8 Å². The highest BCUT2D eigenvalue weighted by Gasteiger charge is 2.41. The summed E-state index contributed by atoms with van der Waals surface area (Å²) < 4.78 is 117. The van der Waals surface area contributed by atoms with Gasteiger partial charge in [0.05, 0.1) is 22.2 Å². The molecule has 1 aromatic carbocycles. The number of aromatic nitrogens is 3. The van der Waals surface area contributed by atoms with Crippen molar-refractivity contribution in [2.45, 2.75) is 18.5 Å². The molecule has 0 aliphatic carbocycles. The molecule has 0 amide bonds. The normalized spacial score (nSPS) is 13.3. The van der Waals surface area contributed by atoms with Gasteiger partial charge in [-0.05, 0) is 40.2 Å². The fourth-order valence-electron chi connectivity index (χ4n) is 2.52. The van der Waals surface area contributed by atoms with Crippen LogP contribution < -0.4 is 5.73 Å². The standard InChI is InChI=1S/C15H6BrF9N4/c16-7-3-5(13(17,18)19)1-2-8(7)29-11(26)10-6(14(20,21)22)4-9(15(23,24)25)27-12(10)28-29/h1-4H,26H2. The number of anilines is 1. The van der Waals surface area contributed by atoms with Gasteiger partial charge in [0.15, 0.2) is 5.65 Å². The lowest BCUT2D eigenvalue weighted by Gasteiger charge is -2.12. The second kappa shape index (κ2) is 6.50. The van der Waals surface area contributed by atoms with Crippen molar-refractivity contribution in [3.05, 3.63) is 45.6 Å². The average molecular weight is 493 g/mol. The number of rotatable bonds is 1. The lowest BCUT2D eigenvalue weighted by Crippen LogP contribution is -2.13. The van der Waals surface area contributed by atoms with Crippen LogP contribution in [-0.4, -0.2) is 14.8 Å². The Labute approximate surface area is 163 Å². The summed E-state index contributed by atoms with van der Waals surface area (Å²) in [5.74, 6) is -0.742. The molecule has 0 fully saturated rings. The van der Waals surface area contributed by atoms with E-state index in [1.165, 1.54) is 0 Å². The lowest BCUT2D eigenvalue weighted by molar-refractivity contribution is -0.144. The van der Waals surface area contributed by atoms with Crippen LogP contribution in [0, 0.1) is 0 Å². The number of benzene rings is 1. The summed E-state index contributed by atoms with van der Waals surface area (Å²) in [5, 5.41) is 2.65. The minimum Gasteiger partial charge on any atom is -0.383 e. The van der Waals surface area contributed by atoms with Crippen LogP contribution in [0.5, 0.6) is 0 Å². The van der Waals surface area contributed by atoms with Gasteiger partial charge in [-0.2, -0.15) is 39.5 Å². The van der Waals surface area contributed by atoms with Crippen LogP contribution in [-0.2, 0) is 18.5 Å². The van der Waals surface area contributed by atoms with Crippen LogP contribution >= 0.6 is 15.9 Å². The van der Waals surface area contributed by atoms with Crippen LogP contribution in [0.15, 0.2) is 28.7 Å². The van der Waals surface area contributed by atoms with Gasteiger partial charge in [-0.25, -0.2) is 9.67 Å². The van der Waals surface area contributed by atoms with E-state index in [0.29, 0.717) is 16.8 Å². The first-order valence-corrected chi connectivity index (χ1v) is 8.10. The number of nitrogens with zero attached hydrogens (tertiary/aromatic N) is 3. The third kappa shape index (κ3) is 3.84. The van der Waals surface area contributed by atoms with E-state index in [1.807, 2.05) is 0 Å². The van der Waals surface area contributed by atoms with Gasteiger partial charge < -0.3 is 5.73 Å². The van der Waals surface area contributed by atoms with E-state index in [9.17, 15) is 39.5 Å². The average Bonchev–Trinajstić information content (AvgIpc) is 2.88. The molecular formula is C15H6BrF9N4. The van der Waals surface area contributed by atoms with Gasteiger partial charge in [-0.15, -0.1) is 5.10 Å². The zero-order valence-electron chi connectivity index (χ0n) is 13.5. The summed E-state index contributed by atoms with van der Waals surface area (Å²) in [4.78, 5) is 3.08. The molecule has 156 valence electrons. The van der Waals surface area contributed by atoms with Crippen LogP contribution in [0.25, 0.3) is 16.7 Å². The Balaban J connectivity index is 2.31. The summed E-state index contributed by atoms with van der Waals surface area (Å²) >= 11 is 2.83. The number of hydrogen-bond acceptors (Lipinski definition) is 3. The molecule has 0 aliphatic heterocycles. The highest BCUT2D eigenvalue weighted by molar-refractivity contribution is 9.10. The van der Waals surface area contributed by atoms with Crippen molar-refractivity contribution in [3.63, 3.8) is 0 Å². The second-order valence-corrected chi connectivity index (χ2v) is 6.56. The van der Waals surface area contributed by atoms with E-state index in [4.69, 9.17) is 5.73 Å². The molecule has 0 aliphatic rings. The van der Waals surface area contributed by atoms with Crippen molar-refractivity contribution in [2.75, 3.05) is 5.73 Å². The smallest absolute Gasteiger partial charge is 0.383 e. The summed E-state index contributed by atoms with van der Waals surface area (Å²) in [6.07, 6.45) is -15.1. The Hall–Kier alpha value is -2.51. The largest absolute Gasteiger partial charge is 0.433 e. The third-order valence-corrected chi connectivity index (χ3v) is 4.41. The van der Waals surface area contributed by atoms with Crippen molar-refractivity contribution < 1.29 is 39.5 Å². The van der Waals surface area contributed by atoms with E-state index in [-0.39, 0.29) is 16.2 Å². The van der Waals surface area contributed by atoms with Gasteiger partial charge in [0, 0.05) is 4.47 Å². The van der Waals surface area contributed by atoms with E-state index < -0.39 is 52.2 Å². The van der Waals surface area contributed by atoms with Crippen molar-refractivity contribution in [1.29, 1.82) is 0 Å². The second-order valence-electron chi connectivity index (χ2n) is 5.71. The van der Waals surface area contributed by atoms with Crippen molar-refractivity contribution in [2.24, 2.45) is 0 Å². The molecule has 0 spiro atoms. The fraction of sp³-hybridized carbons (Fsp3) is 0.200. The number of hydrogen-bond donors (Lipinski definition) is 1. The third-order valence-electron chi connectivity index (χ3n) is 3.78. The molecule has 0 radical (unpaired) electrons. The summed E-state index contributed by atoms with van der Waals surface area (Å²) in [6.45, 7) is 0. The highest BCUT2D eigenvalue weighted by atomic mass is 79.9. The number of pyridine rings is 1. The summed E-state index contributed by atoms with van der Waals surface area (Å²) in [5.41, 5.74) is -0.164. The Morgan fingerprint density at radius 3 is 1.97 bits per heavy atom. The number of halogens is 10. The van der Waals surface area contributed by atoms with Gasteiger partial charge in [-0.3, -0.25) is 0 Å². The maximum absolute atomic E-state index is 13.3. The van der Waals surface area contributed by atoms with Crippen molar-refractivity contribution in [1.82, 2.24) is 14.8 Å². The SMILES string of the molecule is Nc1c2c(C(F)(F)F)cc(C(F)(F)F)nc2nn1-c1ccc(C(F)(F)F)cc1Br. The minimum absolute atomic E-state index is 0.202. The maximum atomic E-state index is 13.3. The van der Waals surface area contributed by atoms with E-state index >= 15 is 0 Å². The number of nitrogens with two attached hydrogens (primary N) is 1. The molecular weight excluding hydrogens is 487 g/mol. The van der Waals surface area contributed by atoms with Crippen molar-refractivity contribution >= 4 is 32.8 Å². The molecule has 3 aromatic rings. The molecule has 0 saturated carbocycles. The number of nitrogen functional groups attached to an aromatic ring is 1. The van der Waals surface area contributed by atoms with Gasteiger partial charge in [0.2, 0.25) is 0 Å². The molecule has 0 unspecified atom stereocenters. The summed E-state index contributed by atoms with van der Waals surface area (Å²) in [7, 11) is 0. The number of fused-ring (bicyclic) bond motifs is 1. The molecule has 0 atom stereocenters. The zero-order valence-corrected chi connectivity index (χ0v) is 15.1. The van der Waals surface area contributed by atoms with Gasteiger partial charge in [-0.1, -0.05) is 0 Å². The van der Waals surface area contributed by atoms with Gasteiger partial charge >= 0.3 is 18.5 Å². The van der Waals surface area contributed by atoms with E-state index in [2.05, 4.69) is 26.0 Å². The number of alkyl halides is 9. The Kier molecular flexibility index (Phi) is 4.75. The Bertz CT molecular complexity index is 1100. The van der Waals surface area contributed by atoms with Crippen LogP contribution in [0.4, 0.5) is 45.3 Å². The minimum atomic E-state index is -5.22. The molecule has 2 heterocycles. The first-order chi connectivity index (χ1) is 13.1. The zero-order chi connectivity index (χ0) is 21.9. The Morgan fingerprint density at radius 1 is 0.862 bits per heavy atom. The molecule has 29 heavy (non-hydrogen) atoms. The first-order valence-electron chi connectivity index (χ1n) is 7.31. The monoisotopic (exact) mass is 492 g/mol. The molecule has 2 N–H and O–H groups in total. The molecule has 2 aromatic heterocycles. The molecule has 0 bridgehead atoms. The first kappa shape index (κ1) is 21.2. The Morgan fingerprint density at radius 2 is 1.48 bits per heavy atom. The van der Waals surface area contributed by atoms with Crippen LogP contribution in [0.3, 0.4) is 0 Å².